The zero-order valence-corrected chi connectivity index (χ0v) is 12.6. The van der Waals surface area contributed by atoms with Gasteiger partial charge in [-0.15, -0.1) is 0 Å². The number of allylic oxidation sites excluding steroid dienone is 1. The van der Waals surface area contributed by atoms with Gasteiger partial charge in [-0.2, -0.15) is 0 Å². The van der Waals surface area contributed by atoms with Crippen LogP contribution in [0.15, 0.2) is 23.8 Å². The van der Waals surface area contributed by atoms with Crippen LogP contribution < -0.4 is 0 Å². The van der Waals surface area contributed by atoms with E-state index in [4.69, 9.17) is 23.2 Å². The molecule has 0 heterocycles. The predicted molar refractivity (Wildman–Crippen MR) is 80.7 cm³/mol. The van der Waals surface area contributed by atoms with Gasteiger partial charge < -0.3 is 4.90 Å². The molecule has 0 radical (unpaired) electrons. The second-order valence-corrected chi connectivity index (χ2v) is 6.02. The van der Waals surface area contributed by atoms with E-state index in [0.717, 1.165) is 30.5 Å². The van der Waals surface area contributed by atoms with E-state index in [1.807, 2.05) is 26.2 Å². The Morgan fingerprint density at radius 1 is 1.32 bits per heavy atom. The van der Waals surface area contributed by atoms with Crippen molar-refractivity contribution in [2.45, 2.75) is 12.8 Å². The van der Waals surface area contributed by atoms with Crippen LogP contribution in [0, 0.1) is 5.92 Å². The van der Waals surface area contributed by atoms with Crippen molar-refractivity contribution in [2.24, 2.45) is 5.92 Å². The van der Waals surface area contributed by atoms with E-state index in [2.05, 4.69) is 4.90 Å². The summed E-state index contributed by atoms with van der Waals surface area (Å²) < 4.78 is 0. The fraction of sp³-hybridized carbons (Fsp3) is 0.400. The van der Waals surface area contributed by atoms with Gasteiger partial charge >= 0.3 is 0 Å². The maximum absolute atomic E-state index is 12.2. The molecule has 1 fully saturated rings. The molecule has 1 aliphatic rings. The SMILES string of the molecule is CN(C)CC1CC/C(=C/c2ccc(Cl)c(Cl)c2)C1=O. The summed E-state index contributed by atoms with van der Waals surface area (Å²) in [5.74, 6) is 0.392. The maximum Gasteiger partial charge on any atom is 0.163 e. The quantitative estimate of drug-likeness (QED) is 0.788. The van der Waals surface area contributed by atoms with Crippen molar-refractivity contribution in [3.63, 3.8) is 0 Å². The Morgan fingerprint density at radius 2 is 2.05 bits per heavy atom. The summed E-state index contributed by atoms with van der Waals surface area (Å²) in [6.45, 7) is 0.817. The summed E-state index contributed by atoms with van der Waals surface area (Å²) in [4.78, 5) is 14.3. The van der Waals surface area contributed by atoms with Crippen molar-refractivity contribution < 1.29 is 4.79 Å². The van der Waals surface area contributed by atoms with E-state index in [-0.39, 0.29) is 11.7 Å². The third kappa shape index (κ3) is 3.59. The van der Waals surface area contributed by atoms with Crippen molar-refractivity contribution >= 4 is 35.1 Å². The van der Waals surface area contributed by atoms with Crippen molar-refractivity contribution in [3.05, 3.63) is 39.4 Å². The molecule has 2 nitrogen and oxygen atoms in total. The number of carbonyl (C=O) groups excluding carboxylic acids is 1. The molecule has 1 atom stereocenters. The van der Waals surface area contributed by atoms with Crippen LogP contribution in [0.4, 0.5) is 0 Å². The zero-order valence-electron chi connectivity index (χ0n) is 11.1. The minimum absolute atomic E-state index is 0.129. The molecule has 1 saturated carbocycles. The number of halogens is 2. The number of carbonyl (C=O) groups is 1. The Labute approximate surface area is 124 Å². The highest BCUT2D eigenvalue weighted by Crippen LogP contribution is 2.30. The summed E-state index contributed by atoms with van der Waals surface area (Å²) >= 11 is 11.9. The van der Waals surface area contributed by atoms with Gasteiger partial charge in [0.1, 0.15) is 0 Å². The normalized spacial score (nSPS) is 21.6. The van der Waals surface area contributed by atoms with Crippen molar-refractivity contribution in [2.75, 3.05) is 20.6 Å². The number of nitrogens with zero attached hydrogens (tertiary/aromatic N) is 1. The van der Waals surface area contributed by atoms with E-state index < -0.39 is 0 Å². The van der Waals surface area contributed by atoms with Gasteiger partial charge in [0.25, 0.3) is 0 Å². The molecule has 0 aliphatic heterocycles. The molecule has 2 rings (SSSR count). The number of rotatable bonds is 3. The van der Waals surface area contributed by atoms with Crippen LogP contribution in [-0.4, -0.2) is 31.3 Å². The van der Waals surface area contributed by atoms with Crippen molar-refractivity contribution in [1.29, 1.82) is 0 Å². The highest BCUT2D eigenvalue weighted by molar-refractivity contribution is 6.42. The number of ketones is 1. The number of Topliss-reactive ketones (excluding diaryl/α,β-unsaturated/α-hetero) is 1. The Kier molecular flexibility index (Phi) is 4.67. The second kappa shape index (κ2) is 6.08. The molecule has 0 aromatic heterocycles. The molecule has 0 bridgehead atoms. The second-order valence-electron chi connectivity index (χ2n) is 5.21. The van der Waals surface area contributed by atoms with Crippen molar-refractivity contribution in [1.82, 2.24) is 4.90 Å². The molecular formula is C15H17Cl2NO. The van der Waals surface area contributed by atoms with E-state index in [9.17, 15) is 4.79 Å². The monoisotopic (exact) mass is 297 g/mol. The van der Waals surface area contributed by atoms with Crippen LogP contribution in [-0.2, 0) is 4.79 Å². The number of benzene rings is 1. The van der Waals surface area contributed by atoms with Gasteiger partial charge in [-0.1, -0.05) is 29.3 Å². The zero-order chi connectivity index (χ0) is 14.0. The van der Waals surface area contributed by atoms with Crippen LogP contribution >= 0.6 is 23.2 Å². The molecule has 0 amide bonds. The molecule has 1 aliphatic carbocycles. The maximum atomic E-state index is 12.2. The van der Waals surface area contributed by atoms with Crippen LogP contribution in [0.2, 0.25) is 10.0 Å². The highest BCUT2D eigenvalue weighted by Gasteiger charge is 2.29. The molecule has 0 spiro atoms. The molecule has 102 valence electrons. The topological polar surface area (TPSA) is 20.3 Å². The molecule has 1 aromatic carbocycles. The summed E-state index contributed by atoms with van der Waals surface area (Å²) in [6.07, 6.45) is 3.71. The Bertz CT molecular complexity index is 523. The minimum atomic E-state index is 0.129. The fourth-order valence-corrected chi connectivity index (χ4v) is 2.71. The van der Waals surface area contributed by atoms with Gasteiger partial charge in [0.05, 0.1) is 10.0 Å². The lowest BCUT2D eigenvalue weighted by atomic mass is 10.0. The van der Waals surface area contributed by atoms with Crippen LogP contribution in [0.25, 0.3) is 6.08 Å². The average molecular weight is 298 g/mol. The summed E-state index contributed by atoms with van der Waals surface area (Å²) in [5.41, 5.74) is 1.83. The van der Waals surface area contributed by atoms with E-state index in [0.29, 0.717) is 10.0 Å². The van der Waals surface area contributed by atoms with E-state index in [1.54, 1.807) is 12.1 Å². The first-order valence-electron chi connectivity index (χ1n) is 6.32. The molecule has 4 heteroatoms. The Morgan fingerprint density at radius 3 is 2.68 bits per heavy atom. The van der Waals surface area contributed by atoms with E-state index in [1.165, 1.54) is 0 Å². The number of hydrogen-bond donors (Lipinski definition) is 0. The minimum Gasteiger partial charge on any atom is -0.309 e. The van der Waals surface area contributed by atoms with Crippen LogP contribution in [0.3, 0.4) is 0 Å². The molecule has 19 heavy (non-hydrogen) atoms. The van der Waals surface area contributed by atoms with E-state index >= 15 is 0 Å². The summed E-state index contributed by atoms with van der Waals surface area (Å²) in [5, 5.41) is 1.05. The van der Waals surface area contributed by atoms with Gasteiger partial charge in [0.15, 0.2) is 5.78 Å². The summed E-state index contributed by atoms with van der Waals surface area (Å²) in [6, 6.07) is 5.43. The smallest absolute Gasteiger partial charge is 0.163 e. The molecule has 0 saturated heterocycles. The molecule has 0 N–H and O–H groups in total. The third-order valence-electron chi connectivity index (χ3n) is 3.32. The third-order valence-corrected chi connectivity index (χ3v) is 4.06. The van der Waals surface area contributed by atoms with Crippen molar-refractivity contribution in [3.8, 4) is 0 Å². The first kappa shape index (κ1) is 14.6. The molecule has 1 aromatic rings. The predicted octanol–water partition coefficient (Wildman–Crippen LogP) is 3.92. The lowest BCUT2D eigenvalue weighted by molar-refractivity contribution is -0.118. The first-order chi connectivity index (χ1) is 8.97. The lowest BCUT2D eigenvalue weighted by Crippen LogP contribution is -2.24. The van der Waals surface area contributed by atoms with Gasteiger partial charge in [0.2, 0.25) is 0 Å². The fourth-order valence-electron chi connectivity index (χ4n) is 2.41. The van der Waals surface area contributed by atoms with Gasteiger partial charge in [-0.25, -0.2) is 0 Å². The average Bonchev–Trinajstić information content (AvgIpc) is 2.66. The Balaban J connectivity index is 2.16. The van der Waals surface area contributed by atoms with Gasteiger partial charge in [-0.3, -0.25) is 4.79 Å². The largest absolute Gasteiger partial charge is 0.309 e. The summed E-state index contributed by atoms with van der Waals surface area (Å²) in [7, 11) is 3.99. The van der Waals surface area contributed by atoms with Crippen LogP contribution in [0.5, 0.6) is 0 Å². The van der Waals surface area contributed by atoms with Crippen LogP contribution in [0.1, 0.15) is 18.4 Å². The standard InChI is InChI=1S/C15H17Cl2NO/c1-18(2)9-12-5-4-11(15(12)19)7-10-3-6-13(16)14(17)8-10/h3,6-8,12H,4-5,9H2,1-2H3/b11-7-. The lowest BCUT2D eigenvalue weighted by Gasteiger charge is -2.13. The first-order valence-corrected chi connectivity index (χ1v) is 7.07. The number of hydrogen-bond acceptors (Lipinski definition) is 2. The Hall–Kier alpha value is -0.830. The van der Waals surface area contributed by atoms with Gasteiger partial charge in [-0.05, 0) is 56.3 Å². The molecule has 1 unspecified atom stereocenters. The highest BCUT2D eigenvalue weighted by atomic mass is 35.5. The molecular weight excluding hydrogens is 281 g/mol. The van der Waals surface area contributed by atoms with Gasteiger partial charge in [0, 0.05) is 12.5 Å².